The summed E-state index contributed by atoms with van der Waals surface area (Å²) in [6.45, 7) is 2.33. The van der Waals surface area contributed by atoms with Gasteiger partial charge in [0.25, 0.3) is 0 Å². The van der Waals surface area contributed by atoms with Crippen molar-refractivity contribution in [3.05, 3.63) is 0 Å². The van der Waals surface area contributed by atoms with Gasteiger partial charge in [0.05, 0.1) is 6.61 Å². The molecule has 2 bridgehead atoms. The van der Waals surface area contributed by atoms with Crippen LogP contribution in [0, 0.1) is 23.7 Å². The van der Waals surface area contributed by atoms with Crippen molar-refractivity contribution in [2.75, 3.05) is 6.61 Å². The van der Waals surface area contributed by atoms with Crippen molar-refractivity contribution < 1.29 is 14.3 Å². The first-order valence-corrected chi connectivity index (χ1v) is 7.10. The maximum atomic E-state index is 11.8. The fourth-order valence-corrected chi connectivity index (χ4v) is 5.22. The van der Waals surface area contributed by atoms with E-state index in [1.54, 1.807) is 0 Å². The van der Waals surface area contributed by atoms with Crippen molar-refractivity contribution in [2.24, 2.45) is 23.7 Å². The molecule has 1 saturated heterocycles. The lowest BCUT2D eigenvalue weighted by Gasteiger charge is -2.29. The second-order valence-electron chi connectivity index (χ2n) is 6.27. The molecule has 3 aliphatic carbocycles. The van der Waals surface area contributed by atoms with Crippen LogP contribution in [0.5, 0.6) is 0 Å². The molecule has 0 aromatic carbocycles. The minimum atomic E-state index is -0.223. The fourth-order valence-electron chi connectivity index (χ4n) is 5.22. The van der Waals surface area contributed by atoms with Gasteiger partial charge in [-0.2, -0.15) is 0 Å². The standard InChI is InChI=1S/C14H20O3/c1-2-16-13(15)12-14(17-12)7-8-6-11(14)10-5-3-4-9(8)10/h8-12H,2-7H2,1H3/t8-,9+,10-,11+,12+,14-/m0/s1. The van der Waals surface area contributed by atoms with Crippen molar-refractivity contribution in [3.63, 3.8) is 0 Å². The van der Waals surface area contributed by atoms with E-state index in [0.717, 1.165) is 24.2 Å². The predicted octanol–water partition coefficient (Wildman–Crippen LogP) is 2.14. The third-order valence-corrected chi connectivity index (χ3v) is 5.74. The lowest BCUT2D eigenvalue weighted by Crippen LogP contribution is -2.35. The fraction of sp³-hybridized carbons (Fsp3) is 0.929. The average molecular weight is 236 g/mol. The minimum absolute atomic E-state index is 0.0809. The Kier molecular flexibility index (Phi) is 1.98. The van der Waals surface area contributed by atoms with Crippen LogP contribution < -0.4 is 0 Å². The number of carbonyl (C=O) groups is 1. The summed E-state index contributed by atoms with van der Waals surface area (Å²) in [5, 5.41) is 0. The molecule has 1 aliphatic heterocycles. The SMILES string of the molecule is CCOC(=O)[C@H]1O[C@]12C[C@@H]1C[C@@H]2[C@H]2CCC[C@H]12. The van der Waals surface area contributed by atoms with E-state index in [0.29, 0.717) is 12.5 Å². The molecule has 4 aliphatic rings. The van der Waals surface area contributed by atoms with Gasteiger partial charge in [0, 0.05) is 0 Å². The van der Waals surface area contributed by atoms with E-state index in [9.17, 15) is 4.79 Å². The van der Waals surface area contributed by atoms with Crippen LogP contribution in [-0.2, 0) is 14.3 Å². The Labute approximate surface area is 102 Å². The molecule has 0 amide bonds. The molecule has 0 aromatic heterocycles. The zero-order valence-electron chi connectivity index (χ0n) is 10.4. The van der Waals surface area contributed by atoms with Gasteiger partial charge >= 0.3 is 5.97 Å². The van der Waals surface area contributed by atoms with Crippen LogP contribution in [0.3, 0.4) is 0 Å². The van der Waals surface area contributed by atoms with Gasteiger partial charge in [-0.25, -0.2) is 4.79 Å². The van der Waals surface area contributed by atoms with E-state index in [4.69, 9.17) is 9.47 Å². The molecule has 1 heterocycles. The quantitative estimate of drug-likeness (QED) is 0.544. The largest absolute Gasteiger partial charge is 0.464 e. The van der Waals surface area contributed by atoms with Gasteiger partial charge in [-0.05, 0) is 56.3 Å². The Morgan fingerprint density at radius 2 is 2.24 bits per heavy atom. The topological polar surface area (TPSA) is 38.8 Å². The summed E-state index contributed by atoms with van der Waals surface area (Å²) in [5.41, 5.74) is -0.0809. The van der Waals surface area contributed by atoms with E-state index in [2.05, 4.69) is 0 Å². The average Bonchev–Trinajstić information content (AvgIpc) is 2.69. The summed E-state index contributed by atoms with van der Waals surface area (Å²) >= 11 is 0. The van der Waals surface area contributed by atoms with Crippen LogP contribution in [0.25, 0.3) is 0 Å². The molecule has 3 heteroatoms. The second-order valence-corrected chi connectivity index (χ2v) is 6.27. The van der Waals surface area contributed by atoms with Gasteiger partial charge in [-0.15, -0.1) is 0 Å². The Morgan fingerprint density at radius 1 is 1.41 bits per heavy atom. The number of esters is 1. The van der Waals surface area contributed by atoms with Gasteiger partial charge in [-0.3, -0.25) is 0 Å². The highest BCUT2D eigenvalue weighted by atomic mass is 16.7. The smallest absolute Gasteiger partial charge is 0.338 e. The molecular weight excluding hydrogens is 216 g/mol. The van der Waals surface area contributed by atoms with Crippen molar-refractivity contribution in [1.29, 1.82) is 0 Å². The molecule has 0 radical (unpaired) electrons. The van der Waals surface area contributed by atoms with E-state index < -0.39 is 0 Å². The monoisotopic (exact) mass is 236 g/mol. The molecular formula is C14H20O3. The van der Waals surface area contributed by atoms with Crippen molar-refractivity contribution in [3.8, 4) is 0 Å². The van der Waals surface area contributed by atoms with Crippen molar-refractivity contribution >= 4 is 5.97 Å². The van der Waals surface area contributed by atoms with Crippen LogP contribution in [0.15, 0.2) is 0 Å². The second kappa shape index (κ2) is 3.25. The molecule has 0 aromatic rings. The van der Waals surface area contributed by atoms with Crippen LogP contribution >= 0.6 is 0 Å². The van der Waals surface area contributed by atoms with E-state index in [1.165, 1.54) is 25.7 Å². The third kappa shape index (κ3) is 1.19. The Hall–Kier alpha value is -0.570. The summed E-state index contributed by atoms with van der Waals surface area (Å²) in [5.74, 6) is 3.20. The molecule has 94 valence electrons. The van der Waals surface area contributed by atoms with Gasteiger partial charge in [-0.1, -0.05) is 6.42 Å². The predicted molar refractivity (Wildman–Crippen MR) is 61.3 cm³/mol. The number of carbonyl (C=O) groups excluding carboxylic acids is 1. The van der Waals surface area contributed by atoms with Crippen molar-refractivity contribution in [2.45, 2.75) is 50.7 Å². The Balaban J connectivity index is 1.54. The van der Waals surface area contributed by atoms with E-state index in [1.807, 2.05) is 6.92 Å². The zero-order chi connectivity index (χ0) is 11.6. The lowest BCUT2D eigenvalue weighted by molar-refractivity contribution is -0.144. The van der Waals surface area contributed by atoms with Crippen LogP contribution in [-0.4, -0.2) is 24.3 Å². The maximum Gasteiger partial charge on any atom is 0.338 e. The van der Waals surface area contributed by atoms with Gasteiger partial charge in [0.2, 0.25) is 0 Å². The summed E-state index contributed by atoms with van der Waals surface area (Å²) in [7, 11) is 0. The number of fused-ring (bicyclic) bond motifs is 6. The first-order valence-electron chi connectivity index (χ1n) is 7.10. The molecule has 17 heavy (non-hydrogen) atoms. The highest BCUT2D eigenvalue weighted by Gasteiger charge is 2.74. The normalized spacial score (nSPS) is 54.1. The van der Waals surface area contributed by atoms with Gasteiger partial charge < -0.3 is 9.47 Å². The van der Waals surface area contributed by atoms with Gasteiger partial charge in [0.15, 0.2) is 6.10 Å². The van der Waals surface area contributed by atoms with E-state index in [-0.39, 0.29) is 17.7 Å². The summed E-state index contributed by atoms with van der Waals surface area (Å²) < 4.78 is 11.0. The number of hydrogen-bond acceptors (Lipinski definition) is 3. The van der Waals surface area contributed by atoms with Gasteiger partial charge in [0.1, 0.15) is 5.60 Å². The van der Waals surface area contributed by atoms with Crippen LogP contribution in [0.1, 0.15) is 39.0 Å². The van der Waals surface area contributed by atoms with Crippen LogP contribution in [0.2, 0.25) is 0 Å². The first-order chi connectivity index (χ1) is 8.26. The van der Waals surface area contributed by atoms with Crippen molar-refractivity contribution in [1.82, 2.24) is 0 Å². The molecule has 1 spiro atoms. The maximum absolute atomic E-state index is 11.8. The number of rotatable bonds is 2. The molecule has 3 nitrogen and oxygen atoms in total. The highest BCUT2D eigenvalue weighted by molar-refractivity contribution is 5.79. The van der Waals surface area contributed by atoms with Crippen LogP contribution in [0.4, 0.5) is 0 Å². The summed E-state index contributed by atoms with van der Waals surface area (Å²) in [6.07, 6.45) is 6.40. The number of epoxide rings is 1. The van der Waals surface area contributed by atoms with E-state index >= 15 is 0 Å². The minimum Gasteiger partial charge on any atom is -0.464 e. The highest BCUT2D eigenvalue weighted by Crippen LogP contribution is 2.69. The molecule has 6 atom stereocenters. The lowest BCUT2D eigenvalue weighted by atomic mass is 9.74. The molecule has 3 saturated carbocycles. The molecule has 0 N–H and O–H groups in total. The first kappa shape index (κ1) is 10.4. The zero-order valence-corrected chi connectivity index (χ0v) is 10.4. The molecule has 4 fully saturated rings. The summed E-state index contributed by atoms with van der Waals surface area (Å²) in [4.78, 5) is 11.8. The third-order valence-electron chi connectivity index (χ3n) is 5.74. The number of ether oxygens (including phenoxy) is 2. The Morgan fingerprint density at radius 3 is 3.06 bits per heavy atom. The molecule has 0 unspecified atom stereocenters. The Bertz CT molecular complexity index is 366. The summed E-state index contributed by atoms with van der Waals surface area (Å²) in [6, 6.07) is 0. The number of hydrogen-bond donors (Lipinski definition) is 0. The molecule has 4 rings (SSSR count).